The van der Waals surface area contributed by atoms with Gasteiger partial charge in [0.05, 0.1) is 30.0 Å². The first-order chi connectivity index (χ1) is 11.6. The van der Waals surface area contributed by atoms with Crippen LogP contribution in [0.3, 0.4) is 0 Å². The number of hydrogen-bond acceptors (Lipinski definition) is 4. The molecule has 0 radical (unpaired) electrons. The molecule has 3 aromatic rings. The van der Waals surface area contributed by atoms with E-state index in [1.807, 2.05) is 29.7 Å². The van der Waals surface area contributed by atoms with Crippen LogP contribution in [0.15, 0.2) is 42.5 Å². The Morgan fingerprint density at radius 1 is 1.04 bits per heavy atom. The maximum atomic E-state index is 11.8. The standard InChI is InChI=1S/C18H18N2O4/c1-4-19-16-11-14(24-3)9-10-15(16)18(20(21)22)17(19)12-5-7-13(23-2)8-6-12/h5-11H,4H2,1-3H3. The largest absolute Gasteiger partial charge is 0.497 e. The summed E-state index contributed by atoms with van der Waals surface area (Å²) < 4.78 is 12.4. The molecule has 0 saturated carbocycles. The number of methoxy groups -OCH3 is 2. The van der Waals surface area contributed by atoms with Crippen molar-refractivity contribution in [2.75, 3.05) is 14.2 Å². The first kappa shape index (κ1) is 15.9. The molecule has 6 nitrogen and oxygen atoms in total. The first-order valence-corrected chi connectivity index (χ1v) is 7.59. The van der Waals surface area contributed by atoms with Crippen molar-refractivity contribution in [1.82, 2.24) is 4.57 Å². The minimum absolute atomic E-state index is 0.111. The van der Waals surface area contributed by atoms with Gasteiger partial charge in [-0.2, -0.15) is 0 Å². The Bertz CT molecular complexity index is 898. The molecular weight excluding hydrogens is 308 g/mol. The molecular formula is C18H18N2O4. The average molecular weight is 326 g/mol. The lowest BCUT2D eigenvalue weighted by atomic mass is 10.1. The SMILES string of the molecule is CCn1c(-c2ccc(OC)cc2)c([N+](=O)[O-])c2ccc(OC)cc21. The number of aromatic nitrogens is 1. The summed E-state index contributed by atoms with van der Waals surface area (Å²) in [7, 11) is 3.17. The molecule has 3 rings (SSSR count). The van der Waals surface area contributed by atoms with Crippen molar-refractivity contribution in [3.05, 3.63) is 52.6 Å². The van der Waals surface area contributed by atoms with Crippen LogP contribution >= 0.6 is 0 Å². The third-order valence-electron chi connectivity index (χ3n) is 4.11. The number of fused-ring (bicyclic) bond motifs is 1. The van der Waals surface area contributed by atoms with Crippen molar-refractivity contribution >= 4 is 16.6 Å². The Labute approximate surface area is 139 Å². The van der Waals surface area contributed by atoms with Gasteiger partial charge in [-0.3, -0.25) is 10.1 Å². The van der Waals surface area contributed by atoms with Crippen LogP contribution in [-0.2, 0) is 6.54 Å². The van der Waals surface area contributed by atoms with Gasteiger partial charge in [-0.05, 0) is 43.3 Å². The van der Waals surface area contributed by atoms with Crippen molar-refractivity contribution in [2.24, 2.45) is 0 Å². The minimum atomic E-state index is -0.319. The summed E-state index contributed by atoms with van der Waals surface area (Å²) in [5.41, 5.74) is 2.27. The molecule has 0 N–H and O–H groups in total. The minimum Gasteiger partial charge on any atom is -0.497 e. The van der Waals surface area contributed by atoms with Crippen LogP contribution in [0.2, 0.25) is 0 Å². The molecule has 0 atom stereocenters. The van der Waals surface area contributed by atoms with Crippen molar-refractivity contribution < 1.29 is 14.4 Å². The normalized spacial score (nSPS) is 10.8. The van der Waals surface area contributed by atoms with E-state index in [0.717, 1.165) is 11.1 Å². The Hall–Kier alpha value is -3.02. The van der Waals surface area contributed by atoms with Gasteiger partial charge in [-0.15, -0.1) is 0 Å². The third kappa shape index (κ3) is 2.46. The van der Waals surface area contributed by atoms with Crippen LogP contribution in [0.1, 0.15) is 6.92 Å². The van der Waals surface area contributed by atoms with Gasteiger partial charge in [0.25, 0.3) is 0 Å². The highest BCUT2D eigenvalue weighted by atomic mass is 16.6. The molecule has 0 unspecified atom stereocenters. The van der Waals surface area contributed by atoms with Crippen LogP contribution in [0, 0.1) is 10.1 Å². The number of nitro groups is 1. The first-order valence-electron chi connectivity index (χ1n) is 7.59. The van der Waals surface area contributed by atoms with Gasteiger partial charge < -0.3 is 14.0 Å². The lowest BCUT2D eigenvalue weighted by Crippen LogP contribution is -1.99. The van der Waals surface area contributed by atoms with E-state index in [0.29, 0.717) is 29.1 Å². The van der Waals surface area contributed by atoms with Gasteiger partial charge in [0, 0.05) is 18.2 Å². The van der Waals surface area contributed by atoms with Crippen molar-refractivity contribution in [2.45, 2.75) is 13.5 Å². The summed E-state index contributed by atoms with van der Waals surface area (Å²) in [5.74, 6) is 1.38. The highest BCUT2D eigenvalue weighted by Gasteiger charge is 2.27. The summed E-state index contributed by atoms with van der Waals surface area (Å²) >= 11 is 0. The summed E-state index contributed by atoms with van der Waals surface area (Å²) in [6.07, 6.45) is 0. The number of rotatable bonds is 5. The number of hydrogen-bond donors (Lipinski definition) is 0. The zero-order valence-corrected chi connectivity index (χ0v) is 13.8. The highest BCUT2D eigenvalue weighted by molar-refractivity contribution is 5.99. The third-order valence-corrected chi connectivity index (χ3v) is 4.11. The molecule has 0 saturated heterocycles. The van der Waals surface area contributed by atoms with Gasteiger partial charge >= 0.3 is 5.69 Å². The van der Waals surface area contributed by atoms with E-state index in [-0.39, 0.29) is 10.6 Å². The van der Waals surface area contributed by atoms with Crippen molar-refractivity contribution in [3.8, 4) is 22.8 Å². The van der Waals surface area contributed by atoms with Gasteiger partial charge in [0.1, 0.15) is 17.2 Å². The molecule has 0 aliphatic heterocycles. The molecule has 124 valence electrons. The van der Waals surface area contributed by atoms with Crippen LogP contribution in [0.25, 0.3) is 22.2 Å². The summed E-state index contributed by atoms with van der Waals surface area (Å²) in [6, 6.07) is 12.6. The summed E-state index contributed by atoms with van der Waals surface area (Å²) in [4.78, 5) is 11.4. The smallest absolute Gasteiger partial charge is 0.302 e. The van der Waals surface area contributed by atoms with Crippen molar-refractivity contribution in [1.29, 1.82) is 0 Å². The maximum absolute atomic E-state index is 11.8. The molecule has 0 spiro atoms. The second-order valence-electron chi connectivity index (χ2n) is 5.31. The molecule has 0 bridgehead atoms. The fraction of sp³-hybridized carbons (Fsp3) is 0.222. The number of benzene rings is 2. The number of nitrogens with zero attached hydrogens (tertiary/aromatic N) is 2. The molecule has 1 aromatic heterocycles. The highest BCUT2D eigenvalue weighted by Crippen LogP contribution is 2.41. The van der Waals surface area contributed by atoms with Gasteiger partial charge in [0.2, 0.25) is 0 Å². The van der Waals surface area contributed by atoms with Gasteiger partial charge in [-0.1, -0.05) is 0 Å². The molecule has 6 heteroatoms. The Morgan fingerprint density at radius 2 is 1.67 bits per heavy atom. The monoisotopic (exact) mass is 326 g/mol. The predicted octanol–water partition coefficient (Wildman–Crippen LogP) is 4.25. The zero-order valence-electron chi connectivity index (χ0n) is 13.8. The molecule has 0 amide bonds. The van der Waals surface area contributed by atoms with E-state index in [1.165, 1.54) is 0 Å². The topological polar surface area (TPSA) is 66.5 Å². The second kappa shape index (κ2) is 6.23. The van der Waals surface area contributed by atoms with Gasteiger partial charge in [0.15, 0.2) is 0 Å². The van der Waals surface area contributed by atoms with E-state index in [4.69, 9.17) is 9.47 Å². The van der Waals surface area contributed by atoms with Crippen LogP contribution in [0.4, 0.5) is 5.69 Å². The zero-order chi connectivity index (χ0) is 17.3. The average Bonchev–Trinajstić information content (AvgIpc) is 2.95. The van der Waals surface area contributed by atoms with E-state index in [2.05, 4.69) is 0 Å². The Balaban J connectivity index is 2.35. The summed E-state index contributed by atoms with van der Waals surface area (Å²) in [5, 5.41) is 12.4. The second-order valence-corrected chi connectivity index (χ2v) is 5.31. The van der Waals surface area contributed by atoms with Crippen molar-refractivity contribution in [3.63, 3.8) is 0 Å². The lowest BCUT2D eigenvalue weighted by molar-refractivity contribution is -0.382. The van der Waals surface area contributed by atoms with Crippen LogP contribution < -0.4 is 9.47 Å². The fourth-order valence-corrected chi connectivity index (χ4v) is 2.99. The predicted molar refractivity (Wildman–Crippen MR) is 92.8 cm³/mol. The molecule has 0 fully saturated rings. The van der Waals surface area contributed by atoms with Gasteiger partial charge in [-0.25, -0.2) is 0 Å². The maximum Gasteiger partial charge on any atom is 0.302 e. The van der Waals surface area contributed by atoms with E-state index in [9.17, 15) is 10.1 Å². The van der Waals surface area contributed by atoms with E-state index < -0.39 is 0 Å². The molecule has 1 heterocycles. The number of ether oxygens (including phenoxy) is 2. The lowest BCUT2D eigenvalue weighted by Gasteiger charge is -2.08. The van der Waals surface area contributed by atoms with Crippen LogP contribution in [0.5, 0.6) is 11.5 Å². The molecule has 24 heavy (non-hydrogen) atoms. The molecule has 0 aliphatic rings. The fourth-order valence-electron chi connectivity index (χ4n) is 2.99. The molecule has 0 aliphatic carbocycles. The molecule has 2 aromatic carbocycles. The Morgan fingerprint density at radius 3 is 2.21 bits per heavy atom. The van der Waals surface area contributed by atoms with E-state index >= 15 is 0 Å². The quantitative estimate of drug-likeness (QED) is 0.519. The van der Waals surface area contributed by atoms with Crippen LogP contribution in [-0.4, -0.2) is 23.7 Å². The summed E-state index contributed by atoms with van der Waals surface area (Å²) in [6.45, 7) is 2.58. The van der Waals surface area contributed by atoms with E-state index in [1.54, 1.807) is 38.5 Å². The Kier molecular flexibility index (Phi) is 4.12. The number of aryl methyl sites for hydroxylation is 1.